The predicted octanol–water partition coefficient (Wildman–Crippen LogP) is 3.45. The van der Waals surface area contributed by atoms with Crippen LogP contribution in [0.1, 0.15) is 43.6 Å². The fourth-order valence-corrected chi connectivity index (χ4v) is 5.21. The predicted molar refractivity (Wildman–Crippen MR) is 162 cm³/mol. The van der Waals surface area contributed by atoms with Crippen LogP contribution in [0.2, 0.25) is 0 Å². The molecule has 1 fully saturated rings. The Morgan fingerprint density at radius 1 is 1.15 bits per heavy atom. The molecule has 1 atom stereocenters. The number of nitrogens with one attached hydrogen (secondary N) is 3. The van der Waals surface area contributed by atoms with Crippen molar-refractivity contribution in [3.8, 4) is 0 Å². The number of rotatable bonds is 10. The molecule has 40 heavy (non-hydrogen) atoms. The number of nitrogens with zero attached hydrogens (tertiary/aromatic N) is 3. The standard InChI is InChI=1S/C28H38N7O3.2ClH/c1-5-38-25(36)18-32-28(2,27(37)35(4)14-6-7-15-35)20-10-13-23-22(16-20)33-24(34(23)3)17-31-21-11-8-19(9-12-21)26(29)30;;/h8-13,16,31-32H,5-7,14-15,17-18H2,1-4H3,(H3,29,30);2*1H/q+1;;/t28-;;/m1../s1. The molecule has 2 heterocycles. The minimum Gasteiger partial charge on any atom is -0.465 e. The van der Waals surface area contributed by atoms with E-state index < -0.39 is 5.54 Å². The molecule has 0 radical (unpaired) electrons. The highest BCUT2D eigenvalue weighted by Crippen LogP contribution is 2.31. The van der Waals surface area contributed by atoms with E-state index in [4.69, 9.17) is 20.9 Å². The Bertz CT molecular complexity index is 1350. The number of aromatic nitrogens is 2. The molecule has 1 aliphatic rings. The highest BCUT2D eigenvalue weighted by Gasteiger charge is 2.49. The van der Waals surface area contributed by atoms with E-state index in [2.05, 4.69) is 10.6 Å². The SMILES string of the molecule is CCOC(=O)CN[C@@](C)(C(=O)[N+]1(C)CCCC1)c1ccc2c(c1)nc(CNc1ccc(C(=N)N)cc1)n2C.Cl.Cl. The van der Waals surface area contributed by atoms with Crippen LogP contribution in [-0.2, 0) is 33.5 Å². The van der Waals surface area contributed by atoms with Crippen molar-refractivity contribution >= 4 is 59.2 Å². The number of hydrogen-bond acceptors (Lipinski definition) is 7. The molecule has 0 unspecified atom stereocenters. The molecular formula is C28H40Cl2N7O3+. The van der Waals surface area contributed by atoms with Crippen molar-refractivity contribution in [3.63, 3.8) is 0 Å². The summed E-state index contributed by atoms with van der Waals surface area (Å²) < 4.78 is 7.46. The number of amidine groups is 1. The number of carbonyl (C=O) groups is 2. The van der Waals surface area contributed by atoms with E-state index in [0.717, 1.165) is 54.0 Å². The number of nitrogens with two attached hydrogens (primary N) is 1. The van der Waals surface area contributed by atoms with Crippen LogP contribution in [0.5, 0.6) is 0 Å². The number of hydrogen-bond donors (Lipinski definition) is 4. The molecule has 1 amide bonds. The fraction of sp³-hybridized carbons (Fsp3) is 0.429. The number of anilines is 1. The maximum absolute atomic E-state index is 14.0. The van der Waals surface area contributed by atoms with E-state index in [-0.39, 0.29) is 55.7 Å². The minimum absolute atomic E-state index is 0. The Kier molecular flexibility index (Phi) is 11.1. The Balaban J connectivity index is 0.00000280. The molecule has 3 aromatic rings. The van der Waals surface area contributed by atoms with Gasteiger partial charge in [0.15, 0.2) is 5.54 Å². The summed E-state index contributed by atoms with van der Waals surface area (Å²) in [5.74, 6) is 0.509. The first-order valence-electron chi connectivity index (χ1n) is 13.0. The maximum atomic E-state index is 14.0. The molecule has 1 saturated heterocycles. The van der Waals surface area contributed by atoms with Crippen molar-refractivity contribution in [3.05, 3.63) is 59.4 Å². The molecule has 12 heteroatoms. The summed E-state index contributed by atoms with van der Waals surface area (Å²) >= 11 is 0. The average Bonchev–Trinajstić information content (AvgIpc) is 3.49. The number of quaternary nitrogens is 1. The number of likely N-dealkylation sites (tertiary alicyclic amines) is 1. The molecule has 0 aliphatic carbocycles. The van der Waals surface area contributed by atoms with Crippen molar-refractivity contribution in [2.24, 2.45) is 12.8 Å². The molecule has 4 rings (SSSR count). The van der Waals surface area contributed by atoms with Gasteiger partial charge in [-0.1, -0.05) is 6.07 Å². The van der Waals surface area contributed by atoms with Gasteiger partial charge in [0, 0.05) is 31.1 Å². The van der Waals surface area contributed by atoms with Gasteiger partial charge in [0.25, 0.3) is 0 Å². The van der Waals surface area contributed by atoms with Crippen molar-refractivity contribution in [1.82, 2.24) is 14.9 Å². The number of ether oxygens (including phenoxy) is 1. The first-order chi connectivity index (χ1) is 18.1. The van der Waals surface area contributed by atoms with Crippen LogP contribution in [0, 0.1) is 5.41 Å². The Hall–Kier alpha value is -3.18. The zero-order valence-electron chi connectivity index (χ0n) is 23.5. The Morgan fingerprint density at radius 3 is 2.40 bits per heavy atom. The van der Waals surface area contributed by atoms with Gasteiger partial charge in [0.1, 0.15) is 11.7 Å². The molecule has 1 aromatic heterocycles. The van der Waals surface area contributed by atoms with Gasteiger partial charge in [-0.3, -0.25) is 20.0 Å². The molecule has 218 valence electrons. The van der Waals surface area contributed by atoms with E-state index in [1.54, 1.807) is 19.1 Å². The van der Waals surface area contributed by atoms with E-state index in [0.29, 0.717) is 16.6 Å². The van der Waals surface area contributed by atoms with Gasteiger partial charge in [0.2, 0.25) is 0 Å². The quantitative estimate of drug-likeness (QED) is 0.122. The molecule has 2 aromatic carbocycles. The van der Waals surface area contributed by atoms with Gasteiger partial charge in [-0.25, -0.2) is 9.78 Å². The third kappa shape index (κ3) is 6.75. The van der Waals surface area contributed by atoms with Gasteiger partial charge < -0.3 is 20.4 Å². The number of benzene rings is 2. The number of nitrogen functional groups attached to an aromatic ring is 1. The Labute approximate surface area is 247 Å². The third-order valence-electron chi connectivity index (χ3n) is 7.56. The third-order valence-corrected chi connectivity index (χ3v) is 7.56. The summed E-state index contributed by atoms with van der Waals surface area (Å²) in [4.78, 5) is 31.1. The van der Waals surface area contributed by atoms with Crippen molar-refractivity contribution in [1.29, 1.82) is 5.41 Å². The van der Waals surface area contributed by atoms with Gasteiger partial charge in [0.05, 0.1) is 50.9 Å². The summed E-state index contributed by atoms with van der Waals surface area (Å²) in [7, 11) is 3.94. The zero-order chi connectivity index (χ0) is 27.5. The molecule has 10 nitrogen and oxygen atoms in total. The molecule has 0 saturated carbocycles. The molecule has 5 N–H and O–H groups in total. The first kappa shape index (κ1) is 33.0. The topological polar surface area (TPSA) is 135 Å². The number of halogens is 2. The van der Waals surface area contributed by atoms with E-state index in [9.17, 15) is 9.59 Å². The number of aryl methyl sites for hydroxylation is 1. The van der Waals surface area contributed by atoms with Gasteiger partial charge in [-0.05, 0) is 55.8 Å². The number of carbonyl (C=O) groups excluding carboxylic acids is 2. The van der Waals surface area contributed by atoms with Crippen LogP contribution in [0.4, 0.5) is 5.69 Å². The molecular weight excluding hydrogens is 553 g/mol. The second-order valence-electron chi connectivity index (χ2n) is 10.3. The second-order valence-corrected chi connectivity index (χ2v) is 10.3. The lowest BCUT2D eigenvalue weighted by Crippen LogP contribution is -2.61. The van der Waals surface area contributed by atoms with Crippen molar-refractivity contribution in [2.75, 3.05) is 38.6 Å². The molecule has 0 bridgehead atoms. The lowest BCUT2D eigenvalue weighted by Gasteiger charge is -2.37. The van der Waals surface area contributed by atoms with Crippen LogP contribution in [0.15, 0.2) is 42.5 Å². The average molecular weight is 594 g/mol. The summed E-state index contributed by atoms with van der Waals surface area (Å²) in [6.07, 6.45) is 2.01. The van der Waals surface area contributed by atoms with E-state index >= 15 is 0 Å². The number of imidazole rings is 1. The minimum atomic E-state index is -1.09. The van der Waals surface area contributed by atoms with Gasteiger partial charge >= 0.3 is 11.9 Å². The highest BCUT2D eigenvalue weighted by atomic mass is 35.5. The first-order valence-corrected chi connectivity index (χ1v) is 13.0. The Morgan fingerprint density at radius 2 is 1.80 bits per heavy atom. The number of esters is 1. The summed E-state index contributed by atoms with van der Waals surface area (Å²) in [5.41, 5.74) is 8.50. The lowest BCUT2D eigenvalue weighted by molar-refractivity contribution is -0.823. The smallest absolute Gasteiger partial charge is 0.338 e. The largest absolute Gasteiger partial charge is 0.465 e. The maximum Gasteiger partial charge on any atom is 0.338 e. The zero-order valence-corrected chi connectivity index (χ0v) is 25.1. The van der Waals surface area contributed by atoms with Gasteiger partial charge in [-0.2, -0.15) is 0 Å². The van der Waals surface area contributed by atoms with Crippen LogP contribution in [0.3, 0.4) is 0 Å². The van der Waals surface area contributed by atoms with Crippen LogP contribution >= 0.6 is 24.8 Å². The van der Waals surface area contributed by atoms with E-state index in [1.165, 1.54) is 0 Å². The number of likely N-dealkylation sites (N-methyl/N-ethyl adjacent to an activating group) is 1. The molecule has 1 aliphatic heterocycles. The fourth-order valence-electron chi connectivity index (χ4n) is 5.21. The normalized spacial score (nSPS) is 15.4. The lowest BCUT2D eigenvalue weighted by atomic mass is 9.89. The highest BCUT2D eigenvalue weighted by molar-refractivity contribution is 5.95. The second kappa shape index (κ2) is 13.5. The van der Waals surface area contributed by atoms with Gasteiger partial charge in [-0.15, -0.1) is 24.8 Å². The summed E-state index contributed by atoms with van der Waals surface area (Å²) in [6.45, 7) is 5.90. The van der Waals surface area contributed by atoms with Crippen molar-refractivity contribution < 1.29 is 18.8 Å². The summed E-state index contributed by atoms with van der Waals surface area (Å²) in [5, 5.41) is 14.1. The number of amides is 1. The van der Waals surface area contributed by atoms with E-state index in [1.807, 2.05) is 55.9 Å². The van der Waals surface area contributed by atoms with Crippen LogP contribution in [0.25, 0.3) is 11.0 Å². The number of fused-ring (bicyclic) bond motifs is 1. The summed E-state index contributed by atoms with van der Waals surface area (Å²) in [6, 6.07) is 13.2. The van der Waals surface area contributed by atoms with Crippen LogP contribution < -0.4 is 16.4 Å². The van der Waals surface area contributed by atoms with Crippen LogP contribution in [-0.4, -0.2) is 65.0 Å². The monoisotopic (exact) mass is 592 g/mol. The van der Waals surface area contributed by atoms with Crippen molar-refractivity contribution in [2.45, 2.75) is 38.8 Å². The molecule has 0 spiro atoms.